The van der Waals surface area contributed by atoms with Crippen molar-refractivity contribution in [3.63, 3.8) is 0 Å². The molecule has 0 aliphatic heterocycles. The van der Waals surface area contributed by atoms with E-state index < -0.39 is 27.3 Å². The minimum absolute atomic E-state index is 0.168. The molecule has 0 amide bonds. The van der Waals surface area contributed by atoms with Crippen LogP contribution in [0.1, 0.15) is 60.1 Å². The van der Waals surface area contributed by atoms with Crippen molar-refractivity contribution in [1.29, 1.82) is 0 Å². The molecule has 1 heterocycles. The fraction of sp³-hybridized carbons (Fsp3) is 0.552. The van der Waals surface area contributed by atoms with E-state index in [1.54, 1.807) is 7.05 Å². The zero-order chi connectivity index (χ0) is 29.0. The van der Waals surface area contributed by atoms with E-state index in [0.717, 1.165) is 49.3 Å². The Morgan fingerprint density at radius 3 is 2.08 bits per heavy atom. The lowest BCUT2D eigenvalue weighted by Gasteiger charge is -2.58. The Morgan fingerprint density at radius 2 is 1.60 bits per heavy atom. The molecule has 4 aliphatic rings. The first-order valence-electron chi connectivity index (χ1n) is 13.5. The Morgan fingerprint density at radius 1 is 1.05 bits per heavy atom. The van der Waals surface area contributed by atoms with Gasteiger partial charge in [0.15, 0.2) is 5.75 Å². The van der Waals surface area contributed by atoms with Gasteiger partial charge in [-0.2, -0.15) is 21.6 Å². The number of likely N-dealkylation sites (N-methyl/N-ethyl adjacent to an activating group) is 1. The van der Waals surface area contributed by atoms with Crippen LogP contribution in [0.25, 0.3) is 11.1 Å². The minimum atomic E-state index is -6.02. The van der Waals surface area contributed by atoms with Crippen molar-refractivity contribution in [2.75, 3.05) is 27.7 Å². The Labute approximate surface area is 233 Å². The second-order valence-corrected chi connectivity index (χ2v) is 13.5. The highest BCUT2D eigenvalue weighted by atomic mass is 32.2. The second-order valence-electron chi connectivity index (χ2n) is 12.0. The summed E-state index contributed by atoms with van der Waals surface area (Å²) < 4.78 is 74.9. The molecule has 0 N–H and O–H groups in total. The molecule has 4 aliphatic carbocycles. The highest BCUT2D eigenvalue weighted by Gasteiger charge is 2.54. The zero-order valence-corrected chi connectivity index (χ0v) is 23.9. The molecule has 0 unspecified atom stereocenters. The zero-order valence-electron chi connectivity index (χ0n) is 23.1. The molecule has 4 bridgehead atoms. The number of methoxy groups -OCH3 is 1. The van der Waals surface area contributed by atoms with E-state index in [2.05, 4.69) is 4.18 Å². The van der Waals surface area contributed by atoms with E-state index >= 15 is 0 Å². The van der Waals surface area contributed by atoms with Crippen molar-refractivity contribution in [1.82, 2.24) is 9.47 Å². The predicted molar refractivity (Wildman–Crippen MR) is 145 cm³/mol. The maximum atomic E-state index is 13.3. The number of rotatable bonds is 8. The van der Waals surface area contributed by atoms with Crippen LogP contribution >= 0.6 is 0 Å². The first-order valence-corrected chi connectivity index (χ1v) is 14.9. The lowest BCUT2D eigenvalue weighted by Crippen LogP contribution is -2.47. The summed E-state index contributed by atoms with van der Waals surface area (Å²) in [6.07, 6.45) is 7.78. The average Bonchev–Trinajstić information content (AvgIpc) is 3.16. The van der Waals surface area contributed by atoms with Gasteiger partial charge in [0.05, 0.1) is 12.8 Å². The molecule has 6 rings (SSSR count). The third kappa shape index (κ3) is 5.06. The summed E-state index contributed by atoms with van der Waals surface area (Å²) >= 11 is 0. The van der Waals surface area contributed by atoms with E-state index in [1.165, 1.54) is 23.8 Å². The van der Waals surface area contributed by atoms with Gasteiger partial charge in [-0.15, -0.1) is 0 Å². The van der Waals surface area contributed by atoms with Crippen LogP contribution in [0.15, 0.2) is 36.5 Å². The van der Waals surface area contributed by atoms with Crippen LogP contribution in [0.3, 0.4) is 0 Å². The molecule has 0 spiro atoms. The van der Waals surface area contributed by atoms with Gasteiger partial charge >= 0.3 is 21.6 Å². The summed E-state index contributed by atoms with van der Waals surface area (Å²) in [5.74, 6) is 0.132. The summed E-state index contributed by atoms with van der Waals surface area (Å²) in [4.78, 5) is 15.1. The van der Waals surface area contributed by atoms with Gasteiger partial charge in [0.25, 0.3) is 0 Å². The standard InChI is InChI=1S/C29H35F3N2O5S/c1-33(2)16-22(26-24(27(35)38-4)23(17-34(26)3)39-40(36,37)29(30,31)32)25(21-8-6-5-7-9-21)28-13-18-10-19(14-28)12-20(11-18)15-28/h5-9,17-20H,10-16H2,1-4H3/b25-22-. The van der Waals surface area contributed by atoms with Crippen LogP contribution < -0.4 is 4.18 Å². The van der Waals surface area contributed by atoms with E-state index in [4.69, 9.17) is 4.74 Å². The molecule has 7 nitrogen and oxygen atoms in total. The van der Waals surface area contributed by atoms with Gasteiger partial charge in [0.2, 0.25) is 0 Å². The lowest BCUT2D eigenvalue weighted by molar-refractivity contribution is -0.0500. The van der Waals surface area contributed by atoms with E-state index in [-0.39, 0.29) is 11.0 Å². The van der Waals surface area contributed by atoms with Gasteiger partial charge in [-0.25, -0.2) is 4.79 Å². The topological polar surface area (TPSA) is 77.8 Å². The maximum absolute atomic E-state index is 13.3. The number of nitrogens with zero attached hydrogens (tertiary/aromatic N) is 2. The number of aryl methyl sites for hydroxylation is 1. The summed E-state index contributed by atoms with van der Waals surface area (Å²) in [6, 6.07) is 9.92. The monoisotopic (exact) mass is 580 g/mol. The number of esters is 1. The third-order valence-corrected chi connectivity index (χ3v) is 9.68. The van der Waals surface area contributed by atoms with Crippen LogP contribution in [-0.4, -0.2) is 57.1 Å². The molecule has 4 fully saturated rings. The normalized spacial score (nSPS) is 26.6. The first-order chi connectivity index (χ1) is 18.7. The lowest BCUT2D eigenvalue weighted by atomic mass is 9.47. The molecule has 11 heteroatoms. The van der Waals surface area contributed by atoms with Crippen molar-refractivity contribution in [3.8, 4) is 5.75 Å². The van der Waals surface area contributed by atoms with Gasteiger partial charge in [-0.1, -0.05) is 30.3 Å². The fourth-order valence-electron chi connectivity index (χ4n) is 7.90. The number of hydrogen-bond donors (Lipinski definition) is 0. The summed E-state index contributed by atoms with van der Waals surface area (Å²) in [5, 5.41) is 0. The first kappa shape index (κ1) is 28.7. The quantitative estimate of drug-likeness (QED) is 0.226. The number of hydrogen-bond acceptors (Lipinski definition) is 6. The fourth-order valence-corrected chi connectivity index (χ4v) is 8.36. The SMILES string of the molecule is COC(=O)c1c(OS(=O)(=O)C(F)(F)F)cn(C)c1/C(CN(C)C)=C(/c1ccccc1)C12CC3CC(CC(C3)C1)C2. The second kappa shape index (κ2) is 10.2. The van der Waals surface area contributed by atoms with Crippen LogP contribution in [0.2, 0.25) is 0 Å². The van der Waals surface area contributed by atoms with Crippen LogP contribution in [0.5, 0.6) is 5.75 Å². The molecule has 4 saturated carbocycles. The molecule has 0 radical (unpaired) electrons. The molecular weight excluding hydrogens is 545 g/mol. The minimum Gasteiger partial charge on any atom is -0.465 e. The molecule has 1 aromatic carbocycles. The number of carbonyl (C=O) groups excluding carboxylic acids is 1. The average molecular weight is 581 g/mol. The van der Waals surface area contributed by atoms with Gasteiger partial charge in [0.1, 0.15) is 5.56 Å². The van der Waals surface area contributed by atoms with Gasteiger partial charge in [-0.3, -0.25) is 0 Å². The molecule has 2 aromatic rings. The summed E-state index contributed by atoms with van der Waals surface area (Å²) in [5.41, 5.74) is -3.07. The Kier molecular flexibility index (Phi) is 7.35. The van der Waals surface area contributed by atoms with Crippen LogP contribution in [0.4, 0.5) is 13.2 Å². The van der Waals surface area contributed by atoms with Crippen molar-refractivity contribution < 1.29 is 35.3 Å². The maximum Gasteiger partial charge on any atom is 0.534 e. The number of allylic oxidation sites excluding steroid dienone is 1. The third-order valence-electron chi connectivity index (χ3n) is 8.71. The van der Waals surface area contributed by atoms with Crippen LogP contribution in [-0.2, 0) is 21.9 Å². The Balaban J connectivity index is 1.81. The number of benzene rings is 1. The van der Waals surface area contributed by atoms with E-state index in [1.807, 2.05) is 49.3 Å². The van der Waals surface area contributed by atoms with Gasteiger partial charge in [0, 0.05) is 19.8 Å². The summed E-state index contributed by atoms with van der Waals surface area (Å²) in [6.45, 7) is 0.360. The van der Waals surface area contributed by atoms with Crippen molar-refractivity contribution in [2.45, 2.75) is 44.0 Å². The number of ether oxygens (including phenoxy) is 1. The molecular formula is C29H35F3N2O5S. The number of alkyl halides is 3. The molecule has 40 heavy (non-hydrogen) atoms. The molecule has 0 atom stereocenters. The number of carbonyl (C=O) groups is 1. The van der Waals surface area contributed by atoms with Crippen molar-refractivity contribution in [3.05, 3.63) is 53.3 Å². The highest BCUT2D eigenvalue weighted by molar-refractivity contribution is 7.88. The number of halogens is 3. The van der Waals surface area contributed by atoms with E-state index in [9.17, 15) is 26.4 Å². The molecule has 1 aromatic heterocycles. The number of aromatic nitrogens is 1. The molecule has 0 saturated heterocycles. The summed E-state index contributed by atoms with van der Waals surface area (Å²) in [7, 11) is 0.424. The van der Waals surface area contributed by atoms with Gasteiger partial charge < -0.3 is 18.4 Å². The highest BCUT2D eigenvalue weighted by Crippen LogP contribution is 2.65. The smallest absolute Gasteiger partial charge is 0.465 e. The predicted octanol–water partition coefficient (Wildman–Crippen LogP) is 5.73. The van der Waals surface area contributed by atoms with E-state index in [0.29, 0.717) is 30.0 Å². The largest absolute Gasteiger partial charge is 0.534 e. The van der Waals surface area contributed by atoms with Gasteiger partial charge in [-0.05, 0) is 92.5 Å². The van der Waals surface area contributed by atoms with Crippen molar-refractivity contribution >= 4 is 27.2 Å². The van der Waals surface area contributed by atoms with Crippen LogP contribution in [0, 0.1) is 23.2 Å². The van der Waals surface area contributed by atoms with Crippen molar-refractivity contribution in [2.24, 2.45) is 30.2 Å². The molecule has 218 valence electrons. The Hall–Kier alpha value is -2.79. The Bertz CT molecular complexity index is 1390.